The summed E-state index contributed by atoms with van der Waals surface area (Å²) in [5, 5.41) is 8.21. The number of hydrogen-bond donors (Lipinski definition) is 0. The Morgan fingerprint density at radius 2 is 1.91 bits per heavy atom. The Kier molecular flexibility index (Phi) is 2.47. The van der Waals surface area contributed by atoms with Gasteiger partial charge in [0.25, 0.3) is 0 Å². The van der Waals surface area contributed by atoms with E-state index in [1.165, 1.54) is 4.31 Å². The number of nitriles is 1. The fourth-order valence-corrected chi connectivity index (χ4v) is 2.30. The monoisotopic (exact) mass is 174 g/mol. The van der Waals surface area contributed by atoms with Crippen molar-refractivity contribution < 1.29 is 8.42 Å². The summed E-state index contributed by atoms with van der Waals surface area (Å²) in [7, 11) is -3.24. The zero-order valence-corrected chi connectivity index (χ0v) is 6.97. The minimum absolute atomic E-state index is 0.382. The predicted molar refractivity (Wildman–Crippen MR) is 40.2 cm³/mol. The first kappa shape index (κ1) is 8.50. The molecule has 0 aromatic carbocycles. The van der Waals surface area contributed by atoms with Gasteiger partial charge in [-0.25, -0.2) is 12.7 Å². The second-order valence-electron chi connectivity index (χ2n) is 2.52. The molecule has 0 bridgehead atoms. The molecule has 0 saturated carbocycles. The molecule has 1 aliphatic rings. The molecule has 0 spiro atoms. The van der Waals surface area contributed by atoms with Crippen molar-refractivity contribution in [3.05, 3.63) is 0 Å². The van der Waals surface area contributed by atoms with Crippen molar-refractivity contribution in [3.63, 3.8) is 0 Å². The third-order valence-electron chi connectivity index (χ3n) is 1.71. The van der Waals surface area contributed by atoms with E-state index in [9.17, 15) is 8.42 Å². The van der Waals surface area contributed by atoms with Gasteiger partial charge in [0.2, 0.25) is 10.0 Å². The first-order valence-corrected chi connectivity index (χ1v) is 5.12. The Morgan fingerprint density at radius 1 is 1.36 bits per heavy atom. The maximum atomic E-state index is 11.1. The largest absolute Gasteiger partial charge is 0.227 e. The van der Waals surface area contributed by atoms with Gasteiger partial charge in [-0.3, -0.25) is 0 Å². The number of nitrogens with zero attached hydrogens (tertiary/aromatic N) is 2. The lowest BCUT2D eigenvalue weighted by Gasteiger charge is -2.11. The van der Waals surface area contributed by atoms with Gasteiger partial charge in [-0.15, -0.1) is 0 Å². The first-order chi connectivity index (χ1) is 5.17. The molecule has 0 aliphatic carbocycles. The summed E-state index contributed by atoms with van der Waals surface area (Å²) in [5.41, 5.74) is 0. The maximum absolute atomic E-state index is 11.1. The third kappa shape index (κ3) is 1.91. The van der Waals surface area contributed by atoms with E-state index in [2.05, 4.69) is 0 Å². The maximum Gasteiger partial charge on any atom is 0.227 e. The molecule has 0 aromatic heterocycles. The molecule has 4 nitrogen and oxygen atoms in total. The van der Waals surface area contributed by atoms with E-state index < -0.39 is 10.0 Å². The van der Waals surface area contributed by atoms with E-state index in [1.807, 2.05) is 0 Å². The van der Waals surface area contributed by atoms with Gasteiger partial charge in [-0.2, -0.15) is 5.26 Å². The van der Waals surface area contributed by atoms with Gasteiger partial charge in [0, 0.05) is 13.1 Å². The molecule has 0 radical (unpaired) electrons. The quantitative estimate of drug-likeness (QED) is 0.589. The van der Waals surface area contributed by atoms with Gasteiger partial charge < -0.3 is 0 Å². The molecule has 0 aromatic rings. The van der Waals surface area contributed by atoms with E-state index in [4.69, 9.17) is 5.26 Å². The van der Waals surface area contributed by atoms with Crippen LogP contribution in [0.25, 0.3) is 0 Å². The molecular formula is C6H10N2O2S. The average molecular weight is 174 g/mol. The Labute approximate surface area is 66.5 Å². The van der Waals surface area contributed by atoms with Gasteiger partial charge in [0.05, 0.1) is 6.07 Å². The minimum Gasteiger partial charge on any atom is -0.211 e. The lowest BCUT2D eigenvalue weighted by atomic mass is 10.4. The van der Waals surface area contributed by atoms with Gasteiger partial charge in [0.15, 0.2) is 5.75 Å². The van der Waals surface area contributed by atoms with E-state index in [1.54, 1.807) is 6.07 Å². The lowest BCUT2D eigenvalue weighted by Crippen LogP contribution is -2.29. The second kappa shape index (κ2) is 3.20. The van der Waals surface area contributed by atoms with Gasteiger partial charge >= 0.3 is 0 Å². The summed E-state index contributed by atoms with van der Waals surface area (Å²) in [4.78, 5) is 0. The zero-order valence-electron chi connectivity index (χ0n) is 6.15. The minimum atomic E-state index is -3.24. The summed E-state index contributed by atoms with van der Waals surface area (Å²) in [5.74, 6) is -0.382. The van der Waals surface area contributed by atoms with E-state index in [-0.39, 0.29) is 5.75 Å². The summed E-state index contributed by atoms with van der Waals surface area (Å²) in [6.07, 6.45) is 1.84. The van der Waals surface area contributed by atoms with Gasteiger partial charge in [0.1, 0.15) is 0 Å². The van der Waals surface area contributed by atoms with Crippen molar-refractivity contribution in [2.45, 2.75) is 12.8 Å². The van der Waals surface area contributed by atoms with Crippen LogP contribution >= 0.6 is 0 Å². The molecule has 11 heavy (non-hydrogen) atoms. The normalized spacial score (nSPS) is 19.9. The summed E-state index contributed by atoms with van der Waals surface area (Å²) in [6, 6.07) is 1.66. The molecule has 1 fully saturated rings. The Bertz CT molecular complexity index is 259. The Morgan fingerprint density at radius 3 is 2.36 bits per heavy atom. The van der Waals surface area contributed by atoms with Crippen LogP contribution in [0.15, 0.2) is 0 Å². The summed E-state index contributed by atoms with van der Waals surface area (Å²) >= 11 is 0. The van der Waals surface area contributed by atoms with Crippen molar-refractivity contribution in [2.24, 2.45) is 0 Å². The van der Waals surface area contributed by atoms with Gasteiger partial charge in [-0.1, -0.05) is 0 Å². The van der Waals surface area contributed by atoms with Crippen molar-refractivity contribution in [1.82, 2.24) is 4.31 Å². The Hall–Kier alpha value is -0.600. The molecule has 62 valence electrons. The van der Waals surface area contributed by atoms with Crippen molar-refractivity contribution >= 4 is 10.0 Å². The van der Waals surface area contributed by atoms with Crippen LogP contribution in [0.1, 0.15) is 12.8 Å². The van der Waals surface area contributed by atoms with E-state index >= 15 is 0 Å². The molecule has 0 unspecified atom stereocenters. The van der Waals surface area contributed by atoms with E-state index in [0.717, 1.165) is 12.8 Å². The highest BCUT2D eigenvalue weighted by Crippen LogP contribution is 2.12. The number of rotatable bonds is 2. The molecule has 0 atom stereocenters. The van der Waals surface area contributed by atoms with Crippen LogP contribution in [0.5, 0.6) is 0 Å². The second-order valence-corrected chi connectivity index (χ2v) is 4.49. The molecule has 5 heteroatoms. The summed E-state index contributed by atoms with van der Waals surface area (Å²) in [6.45, 7) is 1.17. The highest BCUT2D eigenvalue weighted by molar-refractivity contribution is 7.89. The van der Waals surface area contributed by atoms with Crippen molar-refractivity contribution in [3.8, 4) is 6.07 Å². The van der Waals surface area contributed by atoms with Crippen LogP contribution in [0.2, 0.25) is 0 Å². The van der Waals surface area contributed by atoms with Crippen LogP contribution in [0.4, 0.5) is 0 Å². The van der Waals surface area contributed by atoms with Crippen molar-refractivity contribution in [2.75, 3.05) is 18.8 Å². The van der Waals surface area contributed by atoms with Crippen LogP contribution in [-0.2, 0) is 10.0 Å². The van der Waals surface area contributed by atoms with Crippen LogP contribution < -0.4 is 0 Å². The molecule has 0 N–H and O–H groups in total. The van der Waals surface area contributed by atoms with Crippen LogP contribution in [0, 0.1) is 11.3 Å². The lowest BCUT2D eigenvalue weighted by molar-refractivity contribution is 0.480. The van der Waals surface area contributed by atoms with Crippen molar-refractivity contribution in [1.29, 1.82) is 5.26 Å². The first-order valence-electron chi connectivity index (χ1n) is 3.51. The fraction of sp³-hybridized carbons (Fsp3) is 0.833. The molecular weight excluding hydrogens is 164 g/mol. The standard InChI is InChI=1S/C6H10N2O2S/c7-3-6-11(9,10)8-4-1-2-5-8/h1-2,4-6H2. The average Bonchev–Trinajstić information content (AvgIpc) is 2.37. The van der Waals surface area contributed by atoms with Crippen LogP contribution in [0.3, 0.4) is 0 Å². The molecule has 0 amide bonds. The predicted octanol–water partition coefficient (Wildman–Crippen LogP) is -0.0644. The SMILES string of the molecule is N#CCS(=O)(=O)N1CCCC1. The molecule has 1 aliphatic heterocycles. The topological polar surface area (TPSA) is 61.2 Å². The highest BCUT2D eigenvalue weighted by atomic mass is 32.2. The highest BCUT2D eigenvalue weighted by Gasteiger charge is 2.24. The summed E-state index contributed by atoms with van der Waals surface area (Å²) < 4.78 is 23.7. The number of hydrogen-bond acceptors (Lipinski definition) is 3. The van der Waals surface area contributed by atoms with Crippen LogP contribution in [-0.4, -0.2) is 31.6 Å². The zero-order chi connectivity index (χ0) is 8.32. The Balaban J connectivity index is 2.65. The van der Waals surface area contributed by atoms with Gasteiger partial charge in [-0.05, 0) is 12.8 Å². The molecule has 1 saturated heterocycles. The third-order valence-corrected chi connectivity index (χ3v) is 3.35. The van der Waals surface area contributed by atoms with E-state index in [0.29, 0.717) is 13.1 Å². The smallest absolute Gasteiger partial charge is 0.211 e. The fourth-order valence-electron chi connectivity index (χ4n) is 1.14. The number of sulfonamides is 1. The molecule has 1 rings (SSSR count). The molecule has 1 heterocycles.